The lowest BCUT2D eigenvalue weighted by molar-refractivity contribution is -0.144. The molecule has 2 aliphatic rings. The topological polar surface area (TPSA) is 183 Å². The van der Waals surface area contributed by atoms with Crippen LogP contribution < -0.4 is 16.9 Å². The van der Waals surface area contributed by atoms with E-state index in [1.807, 2.05) is 94.5 Å². The number of aromatic nitrogens is 2. The van der Waals surface area contributed by atoms with Crippen molar-refractivity contribution in [2.24, 2.45) is 17.6 Å². The molecule has 2 fully saturated rings. The van der Waals surface area contributed by atoms with E-state index in [9.17, 15) is 38.3 Å². The number of carboxylic acid groups (broad SMARTS) is 1. The van der Waals surface area contributed by atoms with Crippen molar-refractivity contribution in [1.29, 1.82) is 0 Å². The second kappa shape index (κ2) is 34.1. The summed E-state index contributed by atoms with van der Waals surface area (Å²) < 4.78 is 43.9. The Kier molecular flexibility index (Phi) is 27.4. The lowest BCUT2D eigenvalue weighted by Crippen LogP contribution is -2.38. The Bertz CT molecular complexity index is 3700. The van der Waals surface area contributed by atoms with E-state index in [1.165, 1.54) is 23.0 Å². The molecule has 0 radical (unpaired) electrons. The van der Waals surface area contributed by atoms with Crippen molar-refractivity contribution >= 4 is 23.7 Å². The van der Waals surface area contributed by atoms with Gasteiger partial charge in [-0.2, -0.15) is 0 Å². The number of nitrogens with two attached hydrogens (primary N) is 1. The fourth-order valence-corrected chi connectivity index (χ4v) is 13.1. The van der Waals surface area contributed by atoms with Gasteiger partial charge in [-0.25, -0.2) is 13.6 Å². The number of ketones is 1. The van der Waals surface area contributed by atoms with E-state index in [4.69, 9.17) is 15.2 Å². The lowest BCUT2D eigenvalue weighted by atomic mass is 9.83. The highest BCUT2D eigenvalue weighted by atomic mass is 19.1. The average molecular weight is 1280 g/mol. The molecule has 0 amide bonds. The van der Waals surface area contributed by atoms with Crippen molar-refractivity contribution < 1.29 is 42.5 Å². The number of rotatable bonds is 26. The van der Waals surface area contributed by atoms with Crippen LogP contribution in [0.3, 0.4) is 0 Å². The monoisotopic (exact) mass is 1280 g/mol. The molecule has 4 heterocycles. The quantitative estimate of drug-likeness (QED) is 0.0491. The third-order valence-corrected chi connectivity index (χ3v) is 18.0. The van der Waals surface area contributed by atoms with Crippen molar-refractivity contribution in [3.63, 3.8) is 0 Å². The number of benzene rings is 4. The maximum Gasteiger partial charge on any atom is 0.326 e. The Hall–Kier alpha value is -7.40. The molecule has 4 aromatic carbocycles. The van der Waals surface area contributed by atoms with Gasteiger partial charge in [0.25, 0.3) is 11.1 Å². The molecule has 93 heavy (non-hydrogen) atoms. The number of likely N-dealkylation sites (tertiary alicyclic amines) is 2. The van der Waals surface area contributed by atoms with Crippen LogP contribution >= 0.6 is 0 Å². The summed E-state index contributed by atoms with van der Waals surface area (Å²) >= 11 is 0. The predicted molar refractivity (Wildman–Crippen MR) is 368 cm³/mol. The number of carbonyl (C=O) groups is 4. The number of pyridine rings is 2. The number of esters is 2. The first kappa shape index (κ1) is 74.6. The minimum atomic E-state index is -0.937. The van der Waals surface area contributed by atoms with Gasteiger partial charge >= 0.3 is 17.9 Å². The van der Waals surface area contributed by atoms with E-state index in [1.54, 1.807) is 62.7 Å². The number of carboxylic acids is 1. The van der Waals surface area contributed by atoms with Crippen molar-refractivity contribution in [3.8, 4) is 22.3 Å². The molecule has 16 heteroatoms. The molecule has 6 aromatic rings. The largest absolute Gasteiger partial charge is 0.480 e. The third kappa shape index (κ3) is 20.3. The molecule has 0 bridgehead atoms. The third-order valence-electron chi connectivity index (χ3n) is 18.0. The SMILES string of the molecule is CCOC(=O)C[C@H](CC(=O)C(CC(C)C)n1cc(CCN2CCC2)c(C)cc1=O)c1cc(-c2c(C)cc(C)cc2C)cc(C)c1F.CCOC(=O)C[C@H](N)c1cc(-c2c(C)cc(C)cc2C)cc(C)c1F.Cc1cc(=O)n(C(CC(C)C)C(=O)O)cc1CCN1CCC1. The minimum Gasteiger partial charge on any atom is -0.480 e. The van der Waals surface area contributed by atoms with Crippen LogP contribution in [0.2, 0.25) is 0 Å². The Morgan fingerprint density at radius 1 is 0.516 bits per heavy atom. The Morgan fingerprint density at radius 2 is 0.903 bits per heavy atom. The van der Waals surface area contributed by atoms with Crippen LogP contribution in [0.15, 0.2) is 82.6 Å². The number of aryl methyl sites for hydroxylation is 10. The summed E-state index contributed by atoms with van der Waals surface area (Å²) in [5.41, 5.74) is 21.9. The van der Waals surface area contributed by atoms with Gasteiger partial charge in [-0.15, -0.1) is 0 Å². The number of ether oxygens (including phenoxy) is 2. The Balaban J connectivity index is 0.000000245. The molecule has 2 aromatic heterocycles. The van der Waals surface area contributed by atoms with Crippen molar-refractivity contribution in [2.75, 3.05) is 52.5 Å². The number of hydrogen-bond donors (Lipinski definition) is 2. The van der Waals surface area contributed by atoms with Crippen LogP contribution in [0, 0.1) is 92.7 Å². The maximum absolute atomic E-state index is 16.1. The summed E-state index contributed by atoms with van der Waals surface area (Å²) in [6.45, 7) is 37.9. The first-order valence-corrected chi connectivity index (χ1v) is 33.4. The molecule has 504 valence electrons. The van der Waals surface area contributed by atoms with Gasteiger partial charge in [-0.1, -0.05) is 63.1 Å². The first-order valence-electron chi connectivity index (χ1n) is 33.4. The highest BCUT2D eigenvalue weighted by molar-refractivity contribution is 5.85. The minimum absolute atomic E-state index is 0.0421. The van der Waals surface area contributed by atoms with Crippen LogP contribution in [-0.2, 0) is 41.5 Å². The fourth-order valence-electron chi connectivity index (χ4n) is 13.1. The fraction of sp³-hybridized carbons (Fsp3) is 0.506. The summed E-state index contributed by atoms with van der Waals surface area (Å²) in [4.78, 5) is 80.8. The number of nitrogens with zero attached hydrogens (tertiary/aromatic N) is 4. The molecular weight excluding hydrogens is 1180 g/mol. The molecule has 8 rings (SSSR count). The summed E-state index contributed by atoms with van der Waals surface area (Å²) in [7, 11) is 0. The first-order chi connectivity index (χ1) is 43.9. The van der Waals surface area contributed by atoms with Gasteiger partial charge in [-0.3, -0.25) is 24.0 Å². The van der Waals surface area contributed by atoms with Gasteiger partial charge in [0.15, 0.2) is 5.78 Å². The van der Waals surface area contributed by atoms with Gasteiger partial charge in [-0.05, 0) is 267 Å². The number of carbonyl (C=O) groups excluding carboxylic acids is 3. The second-order valence-corrected chi connectivity index (χ2v) is 26.9. The van der Waals surface area contributed by atoms with Gasteiger partial charge < -0.3 is 39.2 Å². The maximum atomic E-state index is 16.1. The molecule has 3 N–H and O–H groups in total. The molecule has 2 unspecified atom stereocenters. The summed E-state index contributed by atoms with van der Waals surface area (Å²) in [6, 6.07) is 16.6. The molecule has 2 saturated heterocycles. The highest BCUT2D eigenvalue weighted by Gasteiger charge is 2.32. The van der Waals surface area contributed by atoms with E-state index >= 15 is 4.39 Å². The van der Waals surface area contributed by atoms with Gasteiger partial charge in [0.1, 0.15) is 17.7 Å². The summed E-state index contributed by atoms with van der Waals surface area (Å²) in [5.74, 6) is -3.20. The zero-order valence-electron chi connectivity index (χ0n) is 58.2. The van der Waals surface area contributed by atoms with Crippen LogP contribution in [0.5, 0.6) is 0 Å². The molecular formula is C77H103F2N5O9. The Morgan fingerprint density at radius 3 is 1.29 bits per heavy atom. The number of halogens is 2. The van der Waals surface area contributed by atoms with Crippen LogP contribution in [0.1, 0.15) is 188 Å². The summed E-state index contributed by atoms with van der Waals surface area (Å²) in [6.07, 6.45) is 8.41. The zero-order valence-corrected chi connectivity index (χ0v) is 58.2. The number of hydrogen-bond acceptors (Lipinski definition) is 11. The number of Topliss-reactive ketones (excluding diaryl/α,β-unsaturated/α-hetero) is 1. The van der Waals surface area contributed by atoms with E-state index < -0.39 is 47.8 Å². The zero-order chi connectivity index (χ0) is 68.7. The molecule has 0 aliphatic carbocycles. The molecule has 0 saturated carbocycles. The second-order valence-electron chi connectivity index (χ2n) is 26.9. The van der Waals surface area contributed by atoms with Crippen LogP contribution in [-0.4, -0.2) is 100 Å². The van der Waals surface area contributed by atoms with Crippen molar-refractivity contribution in [2.45, 2.75) is 193 Å². The van der Waals surface area contributed by atoms with E-state index in [0.29, 0.717) is 35.1 Å². The van der Waals surface area contributed by atoms with Crippen LogP contribution in [0.25, 0.3) is 22.3 Å². The predicted octanol–water partition coefficient (Wildman–Crippen LogP) is 14.5. The van der Waals surface area contributed by atoms with E-state index in [2.05, 4.69) is 41.0 Å². The van der Waals surface area contributed by atoms with Crippen LogP contribution in [0.4, 0.5) is 8.78 Å². The number of aliphatic carboxylic acids is 1. The lowest BCUT2D eigenvalue weighted by Gasteiger charge is -2.31. The standard InChI is InChI=1S/C39H51FN2O4.C21H26FNO2.C17H26N2O3/c1-9-46-37(45)22-31(33-20-32(18-29(8)39(33)40)38-27(6)16-25(4)17-28(38)7)21-35(43)34(15-24(2)3)42-23-30(26(5)19-36(42)44)11-14-41-12-10-13-41;1-6-25-19(24)11-18(23)17-10-16(9-15(5)21(17)22)20-13(3)7-12(2)8-14(20)4;1-12(2)9-15(17(21)22)19-11-14(13(3)10-16(19)20)5-8-18-6-4-7-18/h16-20,23-24,31,34H,9-15,21-22H2,1-8H3;7-10,18H,6,11,23H2,1-5H3;10-12,15H,4-9H2,1-3H3,(H,21,22)/t31-,34?;18-;/m00./s1. The molecule has 4 atom stereocenters. The smallest absolute Gasteiger partial charge is 0.326 e. The molecule has 2 aliphatic heterocycles. The normalized spacial score (nSPS) is 14.4. The van der Waals surface area contributed by atoms with Gasteiger partial charge in [0, 0.05) is 61.6 Å². The average Bonchev–Trinajstić information content (AvgIpc) is 0.821. The van der Waals surface area contributed by atoms with Gasteiger partial charge in [0.05, 0.1) is 32.1 Å². The van der Waals surface area contributed by atoms with Gasteiger partial charge in [0.2, 0.25) is 0 Å². The van der Waals surface area contributed by atoms with E-state index in [0.717, 1.165) is 124 Å². The Labute approximate surface area is 550 Å². The molecule has 0 spiro atoms. The van der Waals surface area contributed by atoms with E-state index in [-0.39, 0.29) is 67.0 Å². The molecule has 14 nitrogen and oxygen atoms in total. The highest BCUT2D eigenvalue weighted by Crippen LogP contribution is 2.38. The van der Waals surface area contributed by atoms with Crippen molar-refractivity contribution in [1.82, 2.24) is 18.9 Å². The van der Waals surface area contributed by atoms with Crippen molar-refractivity contribution in [3.05, 3.63) is 183 Å². The summed E-state index contributed by atoms with van der Waals surface area (Å²) in [5, 5.41) is 9.46.